The molecule has 1 heterocycles. The van der Waals surface area contributed by atoms with E-state index in [1.165, 1.54) is 12.7 Å². The number of ether oxygens (including phenoxy) is 1. The smallest absolute Gasteiger partial charge is 0.337 e. The van der Waals surface area contributed by atoms with Gasteiger partial charge in [0.25, 0.3) is 0 Å². The Bertz CT molecular complexity index is 830. The van der Waals surface area contributed by atoms with Crippen LogP contribution in [0.2, 0.25) is 5.02 Å². The molecule has 3 rings (SSSR count). The molecule has 1 fully saturated rings. The standard InChI is InChI=1S/C23H27ClN2O3/c1-29-23(28)19-9-6-18(7-10-19)16-26-14-12-17(13-15-26)8-11-22(27)25-21-5-3-2-4-20(21)24/h2-7,9-10,17H,8,11-16H2,1H3,(H,25,27). The summed E-state index contributed by atoms with van der Waals surface area (Å²) in [7, 11) is 1.39. The summed E-state index contributed by atoms with van der Waals surface area (Å²) in [4.78, 5) is 26.1. The number of halogens is 1. The predicted octanol–water partition coefficient (Wildman–Crippen LogP) is 4.76. The summed E-state index contributed by atoms with van der Waals surface area (Å²) >= 11 is 6.09. The maximum absolute atomic E-state index is 12.2. The Morgan fingerprint density at radius 1 is 1.10 bits per heavy atom. The molecule has 1 amide bonds. The molecule has 0 spiro atoms. The SMILES string of the molecule is COC(=O)c1ccc(CN2CCC(CCC(=O)Nc3ccccc3Cl)CC2)cc1. The van der Waals surface area contributed by atoms with Crippen molar-refractivity contribution >= 4 is 29.2 Å². The molecule has 2 aromatic rings. The number of para-hydroxylation sites is 1. The van der Waals surface area contributed by atoms with Crippen molar-refractivity contribution in [2.75, 3.05) is 25.5 Å². The van der Waals surface area contributed by atoms with E-state index < -0.39 is 0 Å². The number of hydrogen-bond acceptors (Lipinski definition) is 4. The van der Waals surface area contributed by atoms with Crippen molar-refractivity contribution in [1.82, 2.24) is 4.90 Å². The van der Waals surface area contributed by atoms with Crippen LogP contribution in [0.4, 0.5) is 5.69 Å². The number of esters is 1. The van der Waals surface area contributed by atoms with Crippen molar-refractivity contribution < 1.29 is 14.3 Å². The number of nitrogens with zero attached hydrogens (tertiary/aromatic N) is 1. The fourth-order valence-corrected chi connectivity index (χ4v) is 3.85. The van der Waals surface area contributed by atoms with Crippen LogP contribution in [0, 0.1) is 5.92 Å². The van der Waals surface area contributed by atoms with Gasteiger partial charge in [-0.25, -0.2) is 4.79 Å². The fourth-order valence-electron chi connectivity index (χ4n) is 3.67. The van der Waals surface area contributed by atoms with Gasteiger partial charge in [0, 0.05) is 13.0 Å². The molecule has 1 saturated heterocycles. The van der Waals surface area contributed by atoms with E-state index in [0.29, 0.717) is 28.6 Å². The van der Waals surface area contributed by atoms with Crippen molar-refractivity contribution in [2.45, 2.75) is 32.2 Å². The summed E-state index contributed by atoms with van der Waals surface area (Å²) in [6, 6.07) is 14.9. The van der Waals surface area contributed by atoms with E-state index in [-0.39, 0.29) is 11.9 Å². The first-order valence-electron chi connectivity index (χ1n) is 9.99. The lowest BCUT2D eigenvalue weighted by atomic mass is 9.92. The van der Waals surface area contributed by atoms with Crippen molar-refractivity contribution in [3.05, 3.63) is 64.7 Å². The van der Waals surface area contributed by atoms with E-state index in [4.69, 9.17) is 16.3 Å². The number of amides is 1. The lowest BCUT2D eigenvalue weighted by molar-refractivity contribution is -0.116. The highest BCUT2D eigenvalue weighted by Crippen LogP contribution is 2.25. The van der Waals surface area contributed by atoms with Crippen molar-refractivity contribution in [2.24, 2.45) is 5.92 Å². The van der Waals surface area contributed by atoms with E-state index in [9.17, 15) is 9.59 Å². The van der Waals surface area contributed by atoms with Crippen LogP contribution < -0.4 is 5.32 Å². The van der Waals surface area contributed by atoms with Crippen molar-refractivity contribution in [1.29, 1.82) is 0 Å². The van der Waals surface area contributed by atoms with Gasteiger partial charge in [0.05, 0.1) is 23.4 Å². The molecule has 1 aliphatic heterocycles. The normalized spacial score (nSPS) is 15.1. The number of carbonyl (C=O) groups is 2. The summed E-state index contributed by atoms with van der Waals surface area (Å²) in [5.41, 5.74) is 2.44. The monoisotopic (exact) mass is 414 g/mol. The maximum Gasteiger partial charge on any atom is 0.337 e. The maximum atomic E-state index is 12.2. The number of rotatable bonds is 7. The van der Waals surface area contributed by atoms with Crippen LogP contribution in [-0.4, -0.2) is 37.0 Å². The van der Waals surface area contributed by atoms with Gasteiger partial charge in [0.2, 0.25) is 5.91 Å². The van der Waals surface area contributed by atoms with Gasteiger partial charge in [-0.05, 0) is 68.1 Å². The molecule has 0 radical (unpaired) electrons. The third-order valence-electron chi connectivity index (χ3n) is 5.42. The molecule has 1 N–H and O–H groups in total. The largest absolute Gasteiger partial charge is 0.465 e. The number of piperidine rings is 1. The van der Waals surface area contributed by atoms with Crippen molar-refractivity contribution in [3.63, 3.8) is 0 Å². The molecule has 0 aromatic heterocycles. The molecule has 0 aliphatic carbocycles. The highest BCUT2D eigenvalue weighted by molar-refractivity contribution is 6.33. The topological polar surface area (TPSA) is 58.6 Å². The molecule has 29 heavy (non-hydrogen) atoms. The second-order valence-electron chi connectivity index (χ2n) is 7.47. The van der Waals surface area contributed by atoms with Gasteiger partial charge in [-0.3, -0.25) is 9.69 Å². The Labute approximate surface area is 177 Å². The average molecular weight is 415 g/mol. The van der Waals surface area contributed by atoms with Gasteiger partial charge in [-0.2, -0.15) is 0 Å². The lowest BCUT2D eigenvalue weighted by Crippen LogP contribution is -2.33. The number of methoxy groups -OCH3 is 1. The molecule has 0 atom stereocenters. The molecule has 2 aromatic carbocycles. The van der Waals surface area contributed by atoms with E-state index in [1.807, 2.05) is 42.5 Å². The van der Waals surface area contributed by atoms with Crippen LogP contribution in [-0.2, 0) is 16.1 Å². The van der Waals surface area contributed by atoms with Gasteiger partial charge < -0.3 is 10.1 Å². The molecule has 154 valence electrons. The quantitative estimate of drug-likeness (QED) is 0.664. The van der Waals surface area contributed by atoms with Gasteiger partial charge in [-0.15, -0.1) is 0 Å². The molecule has 6 heteroatoms. The second kappa shape index (κ2) is 10.4. The number of nitrogens with one attached hydrogen (secondary N) is 1. The zero-order valence-corrected chi connectivity index (χ0v) is 17.5. The summed E-state index contributed by atoms with van der Waals surface area (Å²) in [5, 5.41) is 3.46. The zero-order valence-electron chi connectivity index (χ0n) is 16.7. The molecule has 0 saturated carbocycles. The summed E-state index contributed by atoms with van der Waals surface area (Å²) in [5.74, 6) is 0.284. The second-order valence-corrected chi connectivity index (χ2v) is 7.88. The average Bonchev–Trinajstić information content (AvgIpc) is 2.75. The first-order chi connectivity index (χ1) is 14.0. The summed E-state index contributed by atoms with van der Waals surface area (Å²) < 4.78 is 4.73. The third kappa shape index (κ3) is 6.31. The zero-order chi connectivity index (χ0) is 20.6. The van der Waals surface area contributed by atoms with Gasteiger partial charge in [0.15, 0.2) is 0 Å². The fraction of sp³-hybridized carbons (Fsp3) is 0.391. The number of anilines is 1. The Kier molecular flexibility index (Phi) is 7.67. The lowest BCUT2D eigenvalue weighted by Gasteiger charge is -2.32. The highest BCUT2D eigenvalue weighted by atomic mass is 35.5. The predicted molar refractivity (Wildman–Crippen MR) is 115 cm³/mol. The third-order valence-corrected chi connectivity index (χ3v) is 5.75. The Balaban J connectivity index is 1.38. The Morgan fingerprint density at radius 2 is 1.79 bits per heavy atom. The number of likely N-dealkylation sites (tertiary alicyclic amines) is 1. The summed E-state index contributed by atoms with van der Waals surface area (Å²) in [6.45, 7) is 2.92. The molecule has 0 bridgehead atoms. The van der Waals surface area contributed by atoms with Crippen molar-refractivity contribution in [3.8, 4) is 0 Å². The first kappa shape index (κ1) is 21.3. The minimum absolute atomic E-state index is 0.0197. The van der Waals surface area contributed by atoms with Crippen LogP contribution in [0.5, 0.6) is 0 Å². The molecular weight excluding hydrogens is 388 g/mol. The first-order valence-corrected chi connectivity index (χ1v) is 10.4. The number of hydrogen-bond donors (Lipinski definition) is 1. The molecule has 0 unspecified atom stereocenters. The van der Waals surface area contributed by atoms with Crippen LogP contribution >= 0.6 is 11.6 Å². The van der Waals surface area contributed by atoms with E-state index in [1.54, 1.807) is 6.07 Å². The molecule has 1 aliphatic rings. The van der Waals surface area contributed by atoms with Crippen LogP contribution in [0.1, 0.15) is 41.6 Å². The Morgan fingerprint density at radius 3 is 2.45 bits per heavy atom. The van der Waals surface area contributed by atoms with Gasteiger partial charge >= 0.3 is 5.97 Å². The Hall–Kier alpha value is -2.37. The molecular formula is C23H27ClN2O3. The van der Waals surface area contributed by atoms with Crippen LogP contribution in [0.25, 0.3) is 0 Å². The number of carbonyl (C=O) groups excluding carboxylic acids is 2. The molecule has 5 nitrogen and oxygen atoms in total. The van der Waals surface area contributed by atoms with E-state index in [0.717, 1.165) is 38.9 Å². The van der Waals surface area contributed by atoms with E-state index in [2.05, 4.69) is 10.2 Å². The van der Waals surface area contributed by atoms with Crippen LogP contribution in [0.3, 0.4) is 0 Å². The van der Waals surface area contributed by atoms with Crippen LogP contribution in [0.15, 0.2) is 48.5 Å². The number of benzene rings is 2. The van der Waals surface area contributed by atoms with Gasteiger partial charge in [-0.1, -0.05) is 35.9 Å². The minimum Gasteiger partial charge on any atom is -0.465 e. The van der Waals surface area contributed by atoms with Gasteiger partial charge in [0.1, 0.15) is 0 Å². The highest BCUT2D eigenvalue weighted by Gasteiger charge is 2.20. The minimum atomic E-state index is -0.309. The van der Waals surface area contributed by atoms with E-state index >= 15 is 0 Å². The summed E-state index contributed by atoms with van der Waals surface area (Å²) in [6.07, 6.45) is 3.61.